The SMILES string of the molecule is CN1CCN(c2cc(-c3cnc4c(c3)C(c3ccc5[nH]ccc5c3)=CC4)ccn2)CC1. The third-order valence-corrected chi connectivity index (χ3v) is 6.53. The quantitative estimate of drug-likeness (QED) is 0.548. The molecule has 1 aliphatic carbocycles. The molecule has 0 radical (unpaired) electrons. The number of hydrogen-bond acceptors (Lipinski definition) is 4. The fraction of sp³-hybridized carbons (Fsp3) is 0.231. The van der Waals surface area contributed by atoms with Gasteiger partial charge in [0.1, 0.15) is 5.82 Å². The van der Waals surface area contributed by atoms with Gasteiger partial charge in [-0.05, 0) is 65.5 Å². The number of piperazine rings is 1. The van der Waals surface area contributed by atoms with Crippen molar-refractivity contribution in [3.8, 4) is 11.1 Å². The lowest BCUT2D eigenvalue weighted by Gasteiger charge is -2.33. The Bertz CT molecular complexity index is 1290. The number of H-pyrrole nitrogens is 1. The van der Waals surface area contributed by atoms with Crippen molar-refractivity contribution in [2.24, 2.45) is 0 Å². The van der Waals surface area contributed by atoms with E-state index < -0.39 is 0 Å². The Hall–Kier alpha value is -3.44. The molecule has 0 atom stereocenters. The van der Waals surface area contributed by atoms with Crippen LogP contribution < -0.4 is 4.90 Å². The first-order valence-electron chi connectivity index (χ1n) is 10.9. The van der Waals surface area contributed by atoms with Crippen LogP contribution in [0.5, 0.6) is 0 Å². The molecular formula is C26H25N5. The molecule has 1 N–H and O–H groups in total. The molecule has 3 aromatic heterocycles. The summed E-state index contributed by atoms with van der Waals surface area (Å²) < 4.78 is 0. The van der Waals surface area contributed by atoms with Gasteiger partial charge < -0.3 is 14.8 Å². The molecule has 1 aliphatic heterocycles. The zero-order valence-corrected chi connectivity index (χ0v) is 17.7. The van der Waals surface area contributed by atoms with Crippen LogP contribution in [-0.2, 0) is 6.42 Å². The number of aromatic amines is 1. The molecule has 4 aromatic rings. The zero-order valence-electron chi connectivity index (χ0n) is 17.7. The number of fused-ring (bicyclic) bond motifs is 2. The predicted octanol–water partition coefficient (Wildman–Crippen LogP) is 4.36. The van der Waals surface area contributed by atoms with E-state index in [2.05, 4.69) is 75.4 Å². The van der Waals surface area contributed by atoms with Crippen molar-refractivity contribution in [3.63, 3.8) is 0 Å². The van der Waals surface area contributed by atoms with Crippen LogP contribution in [0.25, 0.3) is 27.6 Å². The molecule has 1 aromatic carbocycles. The number of likely N-dealkylation sites (N-methyl/N-ethyl adjacent to an activating group) is 1. The largest absolute Gasteiger partial charge is 0.361 e. The minimum Gasteiger partial charge on any atom is -0.361 e. The monoisotopic (exact) mass is 407 g/mol. The third kappa shape index (κ3) is 3.31. The summed E-state index contributed by atoms with van der Waals surface area (Å²) >= 11 is 0. The number of allylic oxidation sites excluding steroid dienone is 1. The molecule has 0 spiro atoms. The Balaban J connectivity index is 1.34. The van der Waals surface area contributed by atoms with Crippen molar-refractivity contribution in [2.75, 3.05) is 38.1 Å². The topological polar surface area (TPSA) is 48.0 Å². The van der Waals surface area contributed by atoms with E-state index in [0.717, 1.165) is 49.7 Å². The standard InChI is InChI=1S/C26H25N5/c1-30-10-12-31(13-11-30)26-16-18(6-9-28-26)21-15-23-22(3-5-25(23)29-17-21)19-2-4-24-20(14-19)7-8-27-24/h2-4,6-9,14-17,27H,5,10-13H2,1H3. The zero-order chi connectivity index (χ0) is 20.8. The van der Waals surface area contributed by atoms with Crippen molar-refractivity contribution < 1.29 is 0 Å². The molecule has 6 rings (SSSR count). The summed E-state index contributed by atoms with van der Waals surface area (Å²) in [6, 6.07) is 15.3. The van der Waals surface area contributed by atoms with Crippen molar-refractivity contribution in [3.05, 3.63) is 84.0 Å². The van der Waals surface area contributed by atoms with Crippen LogP contribution in [0.3, 0.4) is 0 Å². The first kappa shape index (κ1) is 18.3. The number of aromatic nitrogens is 3. The number of rotatable bonds is 3. The van der Waals surface area contributed by atoms with Gasteiger partial charge in [-0.2, -0.15) is 0 Å². The van der Waals surface area contributed by atoms with E-state index in [0.29, 0.717) is 0 Å². The van der Waals surface area contributed by atoms with Crippen LogP contribution in [0.4, 0.5) is 5.82 Å². The van der Waals surface area contributed by atoms with Crippen LogP contribution in [0.15, 0.2) is 67.1 Å². The van der Waals surface area contributed by atoms with Crippen molar-refractivity contribution in [2.45, 2.75) is 6.42 Å². The molecule has 1 saturated heterocycles. The van der Waals surface area contributed by atoms with Crippen molar-refractivity contribution in [1.82, 2.24) is 19.9 Å². The molecular weight excluding hydrogens is 382 g/mol. The highest BCUT2D eigenvalue weighted by Crippen LogP contribution is 2.35. The van der Waals surface area contributed by atoms with Crippen LogP contribution in [0, 0.1) is 0 Å². The molecule has 0 bridgehead atoms. The van der Waals surface area contributed by atoms with Gasteiger partial charge >= 0.3 is 0 Å². The molecule has 31 heavy (non-hydrogen) atoms. The Kier molecular flexibility index (Phi) is 4.35. The van der Waals surface area contributed by atoms with E-state index in [9.17, 15) is 0 Å². The summed E-state index contributed by atoms with van der Waals surface area (Å²) in [5, 5.41) is 1.24. The summed E-state index contributed by atoms with van der Waals surface area (Å²) in [6.07, 6.45) is 9.11. The van der Waals surface area contributed by atoms with Crippen molar-refractivity contribution >= 4 is 22.3 Å². The average molecular weight is 408 g/mol. The summed E-state index contributed by atoms with van der Waals surface area (Å²) in [6.45, 7) is 4.19. The van der Waals surface area contributed by atoms with Gasteiger partial charge in [0.25, 0.3) is 0 Å². The Morgan fingerprint density at radius 2 is 1.77 bits per heavy atom. The van der Waals surface area contributed by atoms with Gasteiger partial charge in [-0.15, -0.1) is 0 Å². The third-order valence-electron chi connectivity index (χ3n) is 6.53. The lowest BCUT2D eigenvalue weighted by atomic mass is 9.97. The smallest absolute Gasteiger partial charge is 0.129 e. The van der Waals surface area contributed by atoms with E-state index >= 15 is 0 Å². The highest BCUT2D eigenvalue weighted by atomic mass is 15.3. The lowest BCUT2D eigenvalue weighted by molar-refractivity contribution is 0.312. The van der Waals surface area contributed by atoms with Crippen LogP contribution >= 0.6 is 0 Å². The maximum atomic E-state index is 4.82. The highest BCUT2D eigenvalue weighted by Gasteiger charge is 2.19. The van der Waals surface area contributed by atoms with Gasteiger partial charge in [0.05, 0.1) is 5.69 Å². The van der Waals surface area contributed by atoms with Gasteiger partial charge in [0, 0.05) is 67.8 Å². The number of hydrogen-bond donors (Lipinski definition) is 1. The molecule has 5 nitrogen and oxygen atoms in total. The highest BCUT2D eigenvalue weighted by molar-refractivity contribution is 5.91. The van der Waals surface area contributed by atoms with E-state index in [4.69, 9.17) is 4.98 Å². The number of benzene rings is 1. The van der Waals surface area contributed by atoms with E-state index in [1.807, 2.05) is 18.6 Å². The number of nitrogens with zero attached hydrogens (tertiary/aromatic N) is 4. The normalized spacial score (nSPS) is 16.5. The second kappa shape index (κ2) is 7.36. The second-order valence-corrected chi connectivity index (χ2v) is 8.51. The maximum absolute atomic E-state index is 4.82. The summed E-state index contributed by atoms with van der Waals surface area (Å²) in [5.41, 5.74) is 8.41. The van der Waals surface area contributed by atoms with Crippen LogP contribution in [0.2, 0.25) is 0 Å². The fourth-order valence-corrected chi connectivity index (χ4v) is 4.66. The molecule has 0 amide bonds. The van der Waals surface area contributed by atoms with Gasteiger partial charge in [-0.1, -0.05) is 12.1 Å². The van der Waals surface area contributed by atoms with E-state index in [-0.39, 0.29) is 0 Å². The molecule has 4 heterocycles. The molecule has 0 unspecified atom stereocenters. The Morgan fingerprint density at radius 1 is 0.871 bits per heavy atom. The van der Waals surface area contributed by atoms with Gasteiger partial charge in [0.15, 0.2) is 0 Å². The molecule has 154 valence electrons. The molecule has 2 aliphatic rings. The van der Waals surface area contributed by atoms with Gasteiger partial charge in [-0.3, -0.25) is 4.98 Å². The van der Waals surface area contributed by atoms with Crippen LogP contribution in [-0.4, -0.2) is 53.1 Å². The van der Waals surface area contributed by atoms with E-state index in [1.165, 1.54) is 33.2 Å². The lowest BCUT2D eigenvalue weighted by Crippen LogP contribution is -2.44. The van der Waals surface area contributed by atoms with Gasteiger partial charge in [-0.25, -0.2) is 4.98 Å². The molecule has 0 saturated carbocycles. The summed E-state index contributed by atoms with van der Waals surface area (Å²) in [5.74, 6) is 1.06. The minimum atomic E-state index is 0.888. The molecule has 5 heteroatoms. The summed E-state index contributed by atoms with van der Waals surface area (Å²) in [4.78, 5) is 17.5. The summed E-state index contributed by atoms with van der Waals surface area (Å²) in [7, 11) is 2.18. The molecule has 1 fully saturated rings. The van der Waals surface area contributed by atoms with E-state index in [1.54, 1.807) is 0 Å². The minimum absolute atomic E-state index is 0.888. The van der Waals surface area contributed by atoms with Crippen LogP contribution in [0.1, 0.15) is 16.8 Å². The Morgan fingerprint density at radius 3 is 2.68 bits per heavy atom. The average Bonchev–Trinajstić information content (AvgIpc) is 3.45. The first-order chi connectivity index (χ1) is 15.2. The predicted molar refractivity (Wildman–Crippen MR) is 126 cm³/mol. The second-order valence-electron chi connectivity index (χ2n) is 8.51. The number of pyridine rings is 2. The van der Waals surface area contributed by atoms with Crippen molar-refractivity contribution in [1.29, 1.82) is 0 Å². The fourth-order valence-electron chi connectivity index (χ4n) is 4.66. The number of anilines is 1. The number of nitrogens with one attached hydrogen (secondary N) is 1. The maximum Gasteiger partial charge on any atom is 0.129 e. The van der Waals surface area contributed by atoms with Gasteiger partial charge in [0.2, 0.25) is 0 Å². The Labute approximate surface area is 182 Å². The first-order valence-corrected chi connectivity index (χ1v) is 10.9.